The lowest BCUT2D eigenvalue weighted by Crippen LogP contribution is -2.38. The number of hydrogen-bond donors (Lipinski definition) is 0. The van der Waals surface area contributed by atoms with Crippen LogP contribution in [0, 0.1) is 5.82 Å². The van der Waals surface area contributed by atoms with Gasteiger partial charge in [-0.1, -0.05) is 78.1 Å². The largest absolute Gasteiger partial charge is 0.272 e. The Morgan fingerprint density at radius 1 is 0.938 bits per heavy atom. The van der Waals surface area contributed by atoms with E-state index in [0.717, 1.165) is 40.8 Å². The Labute approximate surface area is 188 Å². The zero-order valence-corrected chi connectivity index (χ0v) is 18.0. The lowest BCUT2D eigenvalue weighted by molar-refractivity contribution is 0.581. The summed E-state index contributed by atoms with van der Waals surface area (Å²) in [5, 5.41) is 0. The first kappa shape index (κ1) is 19.1. The normalized spacial score (nSPS) is 17.4. The highest BCUT2D eigenvalue weighted by atomic mass is 32.1. The van der Waals surface area contributed by atoms with Gasteiger partial charge in [0.2, 0.25) is 0 Å². The minimum Gasteiger partial charge on any atom is -0.272 e. The Morgan fingerprint density at radius 3 is 2.50 bits per heavy atom. The molecule has 6 rings (SSSR count). The monoisotopic (exact) mass is 438 g/mol. The number of halogens is 1. The zero-order chi connectivity index (χ0) is 21.7. The van der Waals surface area contributed by atoms with Crippen molar-refractivity contribution in [1.29, 1.82) is 0 Å². The van der Waals surface area contributed by atoms with Crippen molar-refractivity contribution in [3.8, 4) is 0 Å². The molecule has 0 amide bonds. The summed E-state index contributed by atoms with van der Waals surface area (Å²) in [6.45, 7) is 0. The first-order chi connectivity index (χ1) is 15.7. The Bertz CT molecular complexity index is 1550. The van der Waals surface area contributed by atoms with E-state index in [1.807, 2.05) is 42.5 Å². The van der Waals surface area contributed by atoms with Gasteiger partial charge in [-0.25, -0.2) is 9.38 Å². The summed E-state index contributed by atoms with van der Waals surface area (Å²) in [7, 11) is 0. The molecule has 0 N–H and O–H groups in total. The van der Waals surface area contributed by atoms with Gasteiger partial charge in [0, 0.05) is 5.56 Å². The Morgan fingerprint density at radius 2 is 1.69 bits per heavy atom. The molecule has 2 aliphatic rings. The van der Waals surface area contributed by atoms with Gasteiger partial charge in [0.1, 0.15) is 5.82 Å². The van der Waals surface area contributed by atoms with Gasteiger partial charge < -0.3 is 0 Å². The summed E-state index contributed by atoms with van der Waals surface area (Å²) < 4.78 is 16.1. The molecule has 3 nitrogen and oxygen atoms in total. The van der Waals surface area contributed by atoms with Crippen molar-refractivity contribution >= 4 is 23.1 Å². The van der Waals surface area contributed by atoms with Gasteiger partial charge >= 0.3 is 0 Å². The van der Waals surface area contributed by atoms with Gasteiger partial charge in [-0.3, -0.25) is 9.36 Å². The predicted octanol–water partition coefficient (Wildman–Crippen LogP) is 4.46. The average molecular weight is 439 g/mol. The van der Waals surface area contributed by atoms with E-state index in [0.29, 0.717) is 9.33 Å². The first-order valence-corrected chi connectivity index (χ1v) is 11.4. The third kappa shape index (κ3) is 3.09. The van der Waals surface area contributed by atoms with Crippen LogP contribution in [0.25, 0.3) is 11.8 Å². The van der Waals surface area contributed by atoms with Crippen LogP contribution in [0.3, 0.4) is 0 Å². The molecule has 2 heterocycles. The number of allylic oxidation sites excluding steroid dienone is 1. The molecule has 156 valence electrons. The zero-order valence-electron chi connectivity index (χ0n) is 17.2. The summed E-state index contributed by atoms with van der Waals surface area (Å²) in [4.78, 5) is 19.2. The van der Waals surface area contributed by atoms with Crippen molar-refractivity contribution in [2.24, 2.45) is 4.99 Å². The average Bonchev–Trinajstić information content (AvgIpc) is 3.13. The molecule has 0 saturated carbocycles. The van der Waals surface area contributed by atoms with Crippen LogP contribution in [-0.4, -0.2) is 4.57 Å². The van der Waals surface area contributed by atoms with E-state index < -0.39 is 0 Å². The molecule has 0 fully saturated rings. The summed E-state index contributed by atoms with van der Waals surface area (Å²) in [5.74, 6) is -0.284. The second kappa shape index (κ2) is 7.53. The second-order valence-electron chi connectivity index (χ2n) is 8.08. The second-order valence-corrected chi connectivity index (χ2v) is 9.09. The molecule has 0 radical (unpaired) electrons. The van der Waals surface area contributed by atoms with Crippen LogP contribution in [-0.2, 0) is 6.42 Å². The summed E-state index contributed by atoms with van der Waals surface area (Å²) in [5.41, 5.74) is 6.30. The van der Waals surface area contributed by atoms with Gasteiger partial charge in [0.15, 0.2) is 4.80 Å². The molecule has 0 saturated heterocycles. The number of benzene rings is 3. The van der Waals surface area contributed by atoms with E-state index in [1.54, 1.807) is 16.7 Å². The molecule has 1 unspecified atom stereocenters. The molecule has 1 aliphatic heterocycles. The SMILES string of the molecule is O=c1c(=Cc2ccccc2)sc2n1C(c1ccc(F)cc1)C1=C(N=2)c2ccccc2CC1. The standard InChI is InChI=1S/C27H19FN2OS/c28-20-13-10-19(11-14-20)25-22-15-12-18-8-4-5-9-21(18)24(22)29-27-30(25)26(31)23(32-27)16-17-6-2-1-3-7-17/h1-11,13-14,16,25H,12,15H2. The molecule has 0 bridgehead atoms. The highest BCUT2D eigenvalue weighted by molar-refractivity contribution is 7.07. The fourth-order valence-electron chi connectivity index (χ4n) is 4.67. The number of thiazole rings is 1. The van der Waals surface area contributed by atoms with E-state index in [-0.39, 0.29) is 17.4 Å². The van der Waals surface area contributed by atoms with Crippen LogP contribution < -0.4 is 14.9 Å². The fraction of sp³-hybridized carbons (Fsp3) is 0.111. The number of fused-ring (bicyclic) bond motifs is 3. The van der Waals surface area contributed by atoms with Crippen molar-refractivity contribution in [2.75, 3.05) is 0 Å². The van der Waals surface area contributed by atoms with Gasteiger partial charge in [-0.2, -0.15) is 0 Å². The summed E-state index contributed by atoms with van der Waals surface area (Å²) in [6, 6.07) is 24.4. The molecule has 32 heavy (non-hydrogen) atoms. The maximum Gasteiger partial charge on any atom is 0.271 e. The lowest BCUT2D eigenvalue weighted by Gasteiger charge is -2.30. The lowest BCUT2D eigenvalue weighted by atomic mass is 9.83. The smallest absolute Gasteiger partial charge is 0.271 e. The maximum atomic E-state index is 13.7. The first-order valence-electron chi connectivity index (χ1n) is 10.6. The summed E-state index contributed by atoms with van der Waals surface area (Å²) in [6.07, 6.45) is 3.64. The van der Waals surface area contributed by atoms with Gasteiger partial charge in [-0.15, -0.1) is 0 Å². The third-order valence-electron chi connectivity index (χ3n) is 6.16. The molecule has 1 aliphatic carbocycles. The van der Waals surface area contributed by atoms with E-state index >= 15 is 0 Å². The van der Waals surface area contributed by atoms with E-state index in [1.165, 1.54) is 29.0 Å². The van der Waals surface area contributed by atoms with E-state index in [4.69, 9.17) is 4.99 Å². The van der Waals surface area contributed by atoms with Crippen molar-refractivity contribution in [3.05, 3.63) is 132 Å². The van der Waals surface area contributed by atoms with Crippen molar-refractivity contribution in [3.63, 3.8) is 0 Å². The minimum absolute atomic E-state index is 0.0580. The van der Waals surface area contributed by atoms with Crippen molar-refractivity contribution in [1.82, 2.24) is 4.57 Å². The van der Waals surface area contributed by atoms with Crippen LogP contribution in [0.5, 0.6) is 0 Å². The summed E-state index contributed by atoms with van der Waals surface area (Å²) >= 11 is 1.41. The van der Waals surface area contributed by atoms with Crippen LogP contribution in [0.1, 0.15) is 34.7 Å². The third-order valence-corrected chi connectivity index (χ3v) is 7.14. The van der Waals surface area contributed by atoms with Crippen LogP contribution in [0.15, 0.2) is 94.2 Å². The Kier molecular flexibility index (Phi) is 4.51. The molecule has 3 aromatic carbocycles. The highest BCUT2D eigenvalue weighted by Crippen LogP contribution is 2.41. The van der Waals surface area contributed by atoms with Crippen LogP contribution >= 0.6 is 11.3 Å². The Hall–Kier alpha value is -3.57. The van der Waals surface area contributed by atoms with E-state index in [2.05, 4.69) is 18.2 Å². The minimum atomic E-state index is -0.284. The fourth-order valence-corrected chi connectivity index (χ4v) is 5.67. The highest BCUT2D eigenvalue weighted by Gasteiger charge is 2.32. The molecule has 0 spiro atoms. The molecular formula is C27H19FN2OS. The number of nitrogens with zero attached hydrogens (tertiary/aromatic N) is 2. The van der Waals surface area contributed by atoms with Gasteiger partial charge in [0.25, 0.3) is 5.56 Å². The van der Waals surface area contributed by atoms with Crippen LogP contribution in [0.4, 0.5) is 4.39 Å². The quantitative estimate of drug-likeness (QED) is 0.455. The van der Waals surface area contributed by atoms with Crippen molar-refractivity contribution < 1.29 is 4.39 Å². The topological polar surface area (TPSA) is 34.4 Å². The van der Waals surface area contributed by atoms with Gasteiger partial charge in [-0.05, 0) is 53.3 Å². The predicted molar refractivity (Wildman–Crippen MR) is 126 cm³/mol. The molecule has 1 aromatic heterocycles. The number of hydrogen-bond acceptors (Lipinski definition) is 3. The molecule has 5 heteroatoms. The molecule has 1 atom stereocenters. The molecule has 4 aromatic rings. The van der Waals surface area contributed by atoms with Crippen molar-refractivity contribution in [2.45, 2.75) is 18.9 Å². The van der Waals surface area contributed by atoms with Crippen LogP contribution in [0.2, 0.25) is 0 Å². The van der Waals surface area contributed by atoms with Gasteiger partial charge in [0.05, 0.1) is 16.3 Å². The maximum absolute atomic E-state index is 13.7. The van der Waals surface area contributed by atoms with E-state index in [9.17, 15) is 9.18 Å². The molecular weight excluding hydrogens is 419 g/mol. The Balaban J connectivity index is 1.64. The number of rotatable bonds is 2. The number of aryl methyl sites for hydroxylation is 1. The number of aromatic nitrogens is 1.